The minimum atomic E-state index is -0.689. The van der Waals surface area contributed by atoms with E-state index in [2.05, 4.69) is 15.9 Å². The number of carbonyl (C=O) groups is 2. The van der Waals surface area contributed by atoms with Gasteiger partial charge in [0, 0.05) is 12.7 Å². The minimum absolute atomic E-state index is 0.0161. The Labute approximate surface area is 134 Å². The highest BCUT2D eigenvalue weighted by molar-refractivity contribution is 9.10. The highest BCUT2D eigenvalue weighted by Gasteiger charge is 2.14. The number of aromatic nitrogens is 2. The maximum absolute atomic E-state index is 12.2. The Hall–Kier alpha value is -1.90. The number of nitrogens with zero attached hydrogens (tertiary/aromatic N) is 2. The number of ether oxygens (including phenoxy) is 2. The normalized spacial score (nSPS) is 10.3. The van der Waals surface area contributed by atoms with Gasteiger partial charge < -0.3 is 9.47 Å². The summed E-state index contributed by atoms with van der Waals surface area (Å²) >= 11 is 3.04. The lowest BCUT2D eigenvalue weighted by molar-refractivity contribution is -0.144. The van der Waals surface area contributed by atoms with Gasteiger partial charge in [0.25, 0.3) is 5.56 Å². The fourth-order valence-corrected chi connectivity index (χ4v) is 2.16. The zero-order valence-electron chi connectivity index (χ0n) is 12.3. The monoisotopic (exact) mass is 376 g/mol. The van der Waals surface area contributed by atoms with Gasteiger partial charge in [-0.15, -0.1) is 0 Å². The molecule has 0 radical (unpaired) electrons. The van der Waals surface area contributed by atoms with Crippen LogP contribution in [0.25, 0.3) is 0 Å². The molecule has 122 valence electrons. The number of aryl methyl sites for hydroxylation is 1. The summed E-state index contributed by atoms with van der Waals surface area (Å²) in [5.74, 6) is -1.13. The van der Waals surface area contributed by atoms with Gasteiger partial charge in [-0.05, 0) is 29.8 Å². The maximum atomic E-state index is 12.2. The first-order valence-electron chi connectivity index (χ1n) is 6.71. The molecule has 0 amide bonds. The molecule has 0 aromatic carbocycles. The standard InChI is InChI=1S/C13H17BrN2O6/c1-3-21-10(17)5-6-15-7-9(14)12(19)16(13(15)20)8-11(18)22-4-2/h7H,3-6,8H2,1-2H3. The molecule has 0 N–H and O–H groups in total. The van der Waals surface area contributed by atoms with Crippen molar-refractivity contribution in [3.05, 3.63) is 31.5 Å². The Morgan fingerprint density at radius 1 is 1.14 bits per heavy atom. The summed E-state index contributed by atoms with van der Waals surface area (Å²) in [6.45, 7) is 3.27. The molecule has 0 saturated heterocycles. The Bertz CT molecular complexity index is 663. The predicted octanol–water partition coefficient (Wildman–Crippen LogP) is 0.289. The van der Waals surface area contributed by atoms with Gasteiger partial charge in [-0.2, -0.15) is 0 Å². The first-order chi connectivity index (χ1) is 10.4. The third-order valence-corrected chi connectivity index (χ3v) is 3.19. The van der Waals surface area contributed by atoms with Crippen molar-refractivity contribution in [1.82, 2.24) is 9.13 Å². The van der Waals surface area contributed by atoms with E-state index in [1.807, 2.05) is 0 Å². The molecule has 0 unspecified atom stereocenters. The summed E-state index contributed by atoms with van der Waals surface area (Å²) in [6.07, 6.45) is 1.27. The van der Waals surface area contributed by atoms with E-state index >= 15 is 0 Å². The lowest BCUT2D eigenvalue weighted by Gasteiger charge is -2.10. The second-order valence-corrected chi connectivity index (χ2v) is 5.06. The second-order valence-electron chi connectivity index (χ2n) is 4.20. The second kappa shape index (κ2) is 8.52. The van der Waals surface area contributed by atoms with E-state index in [-0.39, 0.29) is 30.7 Å². The Morgan fingerprint density at radius 3 is 2.32 bits per heavy atom. The van der Waals surface area contributed by atoms with Crippen LogP contribution in [0.4, 0.5) is 0 Å². The lowest BCUT2D eigenvalue weighted by Crippen LogP contribution is -2.42. The molecular weight excluding hydrogens is 360 g/mol. The zero-order valence-corrected chi connectivity index (χ0v) is 13.9. The Morgan fingerprint density at radius 2 is 1.73 bits per heavy atom. The SMILES string of the molecule is CCOC(=O)CCn1cc(Br)c(=O)n(CC(=O)OCC)c1=O. The summed E-state index contributed by atoms with van der Waals surface area (Å²) in [4.78, 5) is 46.9. The molecule has 0 aliphatic rings. The number of halogens is 1. The maximum Gasteiger partial charge on any atom is 0.331 e. The lowest BCUT2D eigenvalue weighted by atomic mass is 10.4. The molecule has 9 heteroatoms. The summed E-state index contributed by atoms with van der Waals surface area (Å²) in [5.41, 5.74) is -1.32. The van der Waals surface area contributed by atoms with E-state index < -0.39 is 29.7 Å². The van der Waals surface area contributed by atoms with Crippen molar-refractivity contribution >= 4 is 27.9 Å². The molecule has 22 heavy (non-hydrogen) atoms. The highest BCUT2D eigenvalue weighted by Crippen LogP contribution is 2.01. The first-order valence-corrected chi connectivity index (χ1v) is 7.51. The zero-order chi connectivity index (χ0) is 16.7. The largest absolute Gasteiger partial charge is 0.466 e. The fourth-order valence-electron chi connectivity index (χ4n) is 1.70. The van der Waals surface area contributed by atoms with Gasteiger partial charge in [0.05, 0.1) is 24.1 Å². The Kier molecular flexibility index (Phi) is 7.03. The van der Waals surface area contributed by atoms with Crippen molar-refractivity contribution in [1.29, 1.82) is 0 Å². The molecule has 1 aromatic rings. The van der Waals surface area contributed by atoms with Crippen LogP contribution in [0, 0.1) is 0 Å². The smallest absolute Gasteiger partial charge is 0.331 e. The average molecular weight is 377 g/mol. The average Bonchev–Trinajstić information content (AvgIpc) is 2.46. The van der Waals surface area contributed by atoms with Gasteiger partial charge in [-0.1, -0.05) is 0 Å². The molecule has 1 rings (SSSR count). The van der Waals surface area contributed by atoms with Crippen LogP contribution in [-0.2, 0) is 32.2 Å². The molecule has 0 fully saturated rings. The summed E-state index contributed by atoms with van der Waals surface area (Å²) in [7, 11) is 0. The molecule has 1 heterocycles. The van der Waals surface area contributed by atoms with Crippen molar-refractivity contribution in [2.75, 3.05) is 13.2 Å². The number of rotatable bonds is 7. The topological polar surface area (TPSA) is 96.6 Å². The molecule has 0 atom stereocenters. The number of hydrogen-bond donors (Lipinski definition) is 0. The van der Waals surface area contributed by atoms with Crippen molar-refractivity contribution in [2.45, 2.75) is 33.4 Å². The highest BCUT2D eigenvalue weighted by atomic mass is 79.9. The number of esters is 2. The molecule has 0 aliphatic heterocycles. The van der Waals surface area contributed by atoms with E-state index in [0.29, 0.717) is 0 Å². The van der Waals surface area contributed by atoms with Gasteiger partial charge >= 0.3 is 17.6 Å². The number of carbonyl (C=O) groups excluding carboxylic acids is 2. The third-order valence-electron chi connectivity index (χ3n) is 2.65. The van der Waals surface area contributed by atoms with E-state index in [4.69, 9.17) is 9.47 Å². The van der Waals surface area contributed by atoms with Gasteiger partial charge in [0.1, 0.15) is 6.54 Å². The molecule has 0 saturated carbocycles. The van der Waals surface area contributed by atoms with E-state index in [1.165, 1.54) is 10.8 Å². The molecule has 1 aromatic heterocycles. The van der Waals surface area contributed by atoms with Crippen LogP contribution in [0.1, 0.15) is 20.3 Å². The van der Waals surface area contributed by atoms with Gasteiger partial charge in [0.2, 0.25) is 0 Å². The van der Waals surface area contributed by atoms with Crippen molar-refractivity contribution in [2.24, 2.45) is 0 Å². The van der Waals surface area contributed by atoms with Crippen molar-refractivity contribution < 1.29 is 19.1 Å². The summed E-state index contributed by atoms with van der Waals surface area (Å²) in [6, 6.07) is 0. The van der Waals surface area contributed by atoms with E-state index in [1.54, 1.807) is 13.8 Å². The van der Waals surface area contributed by atoms with Crippen LogP contribution in [0.2, 0.25) is 0 Å². The van der Waals surface area contributed by atoms with Crippen molar-refractivity contribution in [3.8, 4) is 0 Å². The number of hydrogen-bond acceptors (Lipinski definition) is 6. The predicted molar refractivity (Wildman–Crippen MR) is 80.5 cm³/mol. The van der Waals surface area contributed by atoms with Crippen molar-refractivity contribution in [3.63, 3.8) is 0 Å². The van der Waals surface area contributed by atoms with Crippen LogP contribution >= 0.6 is 15.9 Å². The minimum Gasteiger partial charge on any atom is -0.466 e. The Balaban J connectivity index is 3.03. The van der Waals surface area contributed by atoms with Crippen LogP contribution in [0.5, 0.6) is 0 Å². The van der Waals surface area contributed by atoms with Crippen LogP contribution in [-0.4, -0.2) is 34.3 Å². The third kappa shape index (κ3) is 4.83. The molecule has 0 spiro atoms. The molecular formula is C13H17BrN2O6. The van der Waals surface area contributed by atoms with E-state index in [9.17, 15) is 19.2 Å². The van der Waals surface area contributed by atoms with E-state index in [0.717, 1.165) is 4.57 Å². The van der Waals surface area contributed by atoms with Gasteiger partial charge in [-0.3, -0.25) is 19.0 Å². The summed E-state index contributed by atoms with van der Waals surface area (Å²) < 4.78 is 11.5. The summed E-state index contributed by atoms with van der Waals surface area (Å²) in [5, 5.41) is 0. The molecule has 0 aliphatic carbocycles. The molecule has 8 nitrogen and oxygen atoms in total. The van der Waals surface area contributed by atoms with Gasteiger partial charge in [0.15, 0.2) is 0 Å². The van der Waals surface area contributed by atoms with Crippen LogP contribution in [0.15, 0.2) is 20.3 Å². The first kappa shape index (κ1) is 18.1. The van der Waals surface area contributed by atoms with Crippen LogP contribution < -0.4 is 11.2 Å². The van der Waals surface area contributed by atoms with Gasteiger partial charge in [-0.25, -0.2) is 9.36 Å². The fraction of sp³-hybridized carbons (Fsp3) is 0.538. The molecule has 0 bridgehead atoms. The van der Waals surface area contributed by atoms with Crippen LogP contribution in [0.3, 0.4) is 0 Å². The quantitative estimate of drug-likeness (QED) is 0.634.